The number of anilines is 1. The molecule has 0 aliphatic rings. The molecule has 0 heterocycles. The number of rotatable bonds is 19. The molecule has 0 unspecified atom stereocenters. The van der Waals surface area contributed by atoms with E-state index in [9.17, 15) is 9.59 Å². The Morgan fingerprint density at radius 1 is 0.970 bits per heavy atom. The fraction of sp³-hybridized carbons (Fsp3) is 0.692. The van der Waals surface area contributed by atoms with Gasteiger partial charge in [-0.1, -0.05) is 64.7 Å². The van der Waals surface area contributed by atoms with Crippen molar-refractivity contribution in [2.75, 3.05) is 18.0 Å². The number of hydrogen-bond acceptors (Lipinski definition) is 3. The van der Waals surface area contributed by atoms with Crippen molar-refractivity contribution in [3.63, 3.8) is 0 Å². The molecule has 190 valence electrons. The molecule has 0 aromatic heterocycles. The van der Waals surface area contributed by atoms with E-state index >= 15 is 0 Å². The second kappa shape index (κ2) is 21.3. The first-order chi connectivity index (χ1) is 15.6. The number of hydrogen-bond donors (Lipinski definition) is 1. The van der Waals surface area contributed by atoms with Crippen LogP contribution in [0.1, 0.15) is 83.1 Å². The van der Waals surface area contributed by atoms with Gasteiger partial charge in [-0.05, 0) is 0 Å². The summed E-state index contributed by atoms with van der Waals surface area (Å²) in [6.07, 6.45) is 14.2. The van der Waals surface area contributed by atoms with Crippen LogP contribution < -0.4 is 10.2 Å². The van der Waals surface area contributed by atoms with Crippen LogP contribution in [0.5, 0.6) is 0 Å². The maximum absolute atomic E-state index is 12.0. The molecule has 0 spiro atoms. The average molecular weight is 545 g/mol. The minimum absolute atomic E-state index is 0. The number of benzene rings is 1. The molecule has 5 nitrogen and oxygen atoms in total. The summed E-state index contributed by atoms with van der Waals surface area (Å²) in [4.78, 5) is 25.4. The Kier molecular flexibility index (Phi) is 20.6. The summed E-state index contributed by atoms with van der Waals surface area (Å²) < 4.78 is 5.39. The number of halogens is 1. The third kappa shape index (κ3) is 16.1. The summed E-state index contributed by atoms with van der Waals surface area (Å²) in [5, 5.41) is 4.05. The van der Waals surface area contributed by atoms with Crippen molar-refractivity contribution in [2.24, 2.45) is 0 Å². The van der Waals surface area contributed by atoms with Crippen molar-refractivity contribution < 1.29 is 14.3 Å². The van der Waals surface area contributed by atoms with Gasteiger partial charge in [-0.15, -0.1) is 12.4 Å². The fourth-order valence-electron chi connectivity index (χ4n) is 3.69. The average Bonchev–Trinajstić information content (AvgIpc) is 2.79. The predicted octanol–water partition coefficient (Wildman–Crippen LogP) is 7.36. The normalized spacial score (nSPS) is 10.5. The number of nitrogens with one attached hydrogen (secondary N) is 1. The number of amides is 2. The summed E-state index contributed by atoms with van der Waals surface area (Å²) in [5.41, 5.74) is 6.32. The smallest absolute Gasteiger partial charge is 0.147 e. The second-order valence-electron chi connectivity index (χ2n) is 8.77. The van der Waals surface area contributed by atoms with Gasteiger partial charge in [0.05, 0.1) is 0 Å². The number of para-hydroxylation sites is 1. The summed E-state index contributed by atoms with van der Waals surface area (Å²) in [5.74, 6) is 0. The van der Waals surface area contributed by atoms with Gasteiger partial charge in [0.25, 0.3) is 0 Å². The van der Waals surface area contributed by atoms with Gasteiger partial charge in [-0.25, -0.2) is 0 Å². The second-order valence-corrected chi connectivity index (χ2v) is 14.2. The van der Waals surface area contributed by atoms with Crippen LogP contribution in [0.25, 0.3) is 0 Å². The Morgan fingerprint density at radius 2 is 1.58 bits per heavy atom. The predicted molar refractivity (Wildman–Crippen MR) is 144 cm³/mol. The van der Waals surface area contributed by atoms with Gasteiger partial charge in [0.2, 0.25) is 0 Å². The van der Waals surface area contributed by atoms with Crippen LogP contribution in [0.3, 0.4) is 0 Å². The Balaban J connectivity index is 0.0000102. The van der Waals surface area contributed by atoms with Gasteiger partial charge in [0, 0.05) is 0 Å². The molecule has 33 heavy (non-hydrogen) atoms. The zero-order valence-electron chi connectivity index (χ0n) is 21.0. The third-order valence-electron chi connectivity index (χ3n) is 5.59. The van der Waals surface area contributed by atoms with Gasteiger partial charge in [-0.3, -0.25) is 0 Å². The van der Waals surface area contributed by atoms with E-state index in [2.05, 4.69) is 23.7 Å². The third-order valence-corrected chi connectivity index (χ3v) is 8.13. The maximum Gasteiger partial charge on any atom is -0.147 e. The van der Waals surface area contributed by atoms with Crippen molar-refractivity contribution in [1.82, 2.24) is 5.32 Å². The van der Waals surface area contributed by atoms with E-state index in [1.807, 2.05) is 24.3 Å². The summed E-state index contributed by atoms with van der Waals surface area (Å²) in [6.45, 7) is 3.78. The summed E-state index contributed by atoms with van der Waals surface area (Å²) in [7, 11) is 0. The quantitative estimate of drug-likeness (QED) is 0.112. The first-order valence-electron chi connectivity index (χ1n) is 12.4. The van der Waals surface area contributed by atoms with Crippen LogP contribution in [0, 0.1) is 0 Å². The Hall–Kier alpha value is -1.19. The fourth-order valence-corrected chi connectivity index (χ4v) is 5.35. The number of carbonyl (C=O) groups excluding carboxylic acids is 2. The molecule has 0 atom stereocenters. The topological polar surface area (TPSA) is 58.6 Å². The zero-order chi connectivity index (χ0) is 23.4. The van der Waals surface area contributed by atoms with Crippen molar-refractivity contribution in [3.05, 3.63) is 29.8 Å². The van der Waals surface area contributed by atoms with E-state index in [0.29, 0.717) is 13.1 Å². The first-order valence-corrected chi connectivity index (χ1v) is 17.5. The Labute approximate surface area is 213 Å². The van der Waals surface area contributed by atoms with Crippen LogP contribution in [0.15, 0.2) is 24.3 Å². The van der Waals surface area contributed by atoms with E-state index in [1.54, 1.807) is 4.90 Å². The SMILES string of the molecule is CCCCCCCCCCCCN(C=O)c1ccccc1COC(=O)NCCC[As](C)C.Cl. The number of alkyl carbamates (subject to hydrolysis) is 1. The van der Waals surface area contributed by atoms with Crippen molar-refractivity contribution >= 4 is 45.2 Å². The molecule has 2 amide bonds. The molecule has 1 N–H and O–H groups in total. The molecule has 0 aliphatic heterocycles. The molecule has 1 aromatic rings. The van der Waals surface area contributed by atoms with E-state index in [4.69, 9.17) is 4.74 Å². The van der Waals surface area contributed by atoms with E-state index in [1.165, 1.54) is 56.6 Å². The number of ether oxygens (including phenoxy) is 1. The van der Waals surface area contributed by atoms with Gasteiger partial charge in [-0.2, -0.15) is 0 Å². The van der Waals surface area contributed by atoms with Crippen molar-refractivity contribution in [1.29, 1.82) is 0 Å². The number of unbranched alkanes of at least 4 members (excludes halogenated alkanes) is 9. The van der Waals surface area contributed by atoms with Gasteiger partial charge in [0.15, 0.2) is 0 Å². The molecule has 1 rings (SSSR count). The van der Waals surface area contributed by atoms with Crippen LogP contribution in [-0.2, 0) is 16.1 Å². The Morgan fingerprint density at radius 3 is 2.18 bits per heavy atom. The molecule has 1 aromatic carbocycles. The first kappa shape index (κ1) is 31.8. The monoisotopic (exact) mass is 544 g/mol. The molecular formula is C26H46AsClN2O3. The molecular weight excluding hydrogens is 499 g/mol. The van der Waals surface area contributed by atoms with Gasteiger partial charge < -0.3 is 0 Å². The maximum atomic E-state index is 12.0. The van der Waals surface area contributed by atoms with Crippen molar-refractivity contribution in [3.8, 4) is 0 Å². The molecule has 0 fully saturated rings. The van der Waals surface area contributed by atoms with Crippen molar-refractivity contribution in [2.45, 2.75) is 101 Å². The summed E-state index contributed by atoms with van der Waals surface area (Å²) >= 11 is -0.636. The molecule has 0 saturated carbocycles. The molecule has 7 heteroatoms. The molecule has 0 radical (unpaired) electrons. The van der Waals surface area contributed by atoms with Crippen LogP contribution in [0.2, 0.25) is 16.6 Å². The summed E-state index contributed by atoms with van der Waals surface area (Å²) in [6, 6.07) is 7.68. The Bertz CT molecular complexity index is 631. The minimum Gasteiger partial charge on any atom is -0.147 e. The number of carbonyl (C=O) groups is 2. The van der Waals surface area contributed by atoms with Gasteiger partial charge >= 0.3 is 136 Å². The van der Waals surface area contributed by atoms with E-state index in [-0.39, 0.29) is 19.0 Å². The van der Waals surface area contributed by atoms with E-state index < -0.39 is 20.7 Å². The molecule has 0 bridgehead atoms. The molecule has 0 aliphatic carbocycles. The number of nitrogens with zero attached hydrogens (tertiary/aromatic N) is 1. The van der Waals surface area contributed by atoms with Crippen LogP contribution in [-0.4, -0.2) is 40.2 Å². The largest absolute Gasteiger partial charge is 0.147 e. The van der Waals surface area contributed by atoms with Gasteiger partial charge in [0.1, 0.15) is 0 Å². The zero-order valence-corrected chi connectivity index (χ0v) is 23.7. The van der Waals surface area contributed by atoms with E-state index in [0.717, 1.165) is 36.9 Å². The standard InChI is InChI=1S/C26H45AsN2O3.ClH/c1-4-5-6-7-8-9-10-11-12-15-21-29(23-30)25-18-14-13-17-24(25)22-32-26(31)28-20-16-19-27(2)3;/h13-14,17-18,23H,4-12,15-16,19-22H2,1-3H3,(H,28,31);1H. The molecule has 0 saturated heterocycles. The van der Waals surface area contributed by atoms with Crippen LogP contribution in [0.4, 0.5) is 10.5 Å². The van der Waals surface area contributed by atoms with Crippen LogP contribution >= 0.6 is 12.4 Å². The minimum atomic E-state index is -0.636.